The number of benzene rings is 2. The summed E-state index contributed by atoms with van der Waals surface area (Å²) in [5.41, 5.74) is 3.89. The van der Waals surface area contributed by atoms with Gasteiger partial charge in [0.15, 0.2) is 0 Å². The average Bonchev–Trinajstić information content (AvgIpc) is 3.05. The molecule has 6 nitrogen and oxygen atoms in total. The van der Waals surface area contributed by atoms with E-state index in [0.717, 1.165) is 22.5 Å². The molecule has 0 aliphatic heterocycles. The van der Waals surface area contributed by atoms with Gasteiger partial charge in [0, 0.05) is 5.69 Å². The van der Waals surface area contributed by atoms with Gasteiger partial charge < -0.3 is 5.32 Å². The van der Waals surface area contributed by atoms with Crippen LogP contribution in [-0.4, -0.2) is 31.4 Å². The van der Waals surface area contributed by atoms with E-state index in [-0.39, 0.29) is 11.2 Å². The van der Waals surface area contributed by atoms with Gasteiger partial charge in [-0.15, -0.1) is 5.10 Å². The molecular weight excluding hydrogens is 334 g/mol. The molecule has 128 valence electrons. The van der Waals surface area contributed by atoms with Gasteiger partial charge in [-0.05, 0) is 60.5 Å². The number of carbonyl (C=O) groups is 1. The number of tetrazole rings is 1. The molecule has 0 saturated heterocycles. The van der Waals surface area contributed by atoms with Crippen LogP contribution >= 0.6 is 11.8 Å². The Labute approximate surface area is 150 Å². The third kappa shape index (κ3) is 4.06. The maximum Gasteiger partial charge on any atom is 0.237 e. The van der Waals surface area contributed by atoms with Crippen LogP contribution in [0.15, 0.2) is 53.7 Å². The van der Waals surface area contributed by atoms with Gasteiger partial charge in [0.2, 0.25) is 11.1 Å². The van der Waals surface area contributed by atoms with Crippen LogP contribution in [0.25, 0.3) is 5.69 Å². The highest BCUT2D eigenvalue weighted by Crippen LogP contribution is 2.25. The number of hydrogen-bond acceptors (Lipinski definition) is 5. The third-order valence-corrected chi connectivity index (χ3v) is 4.76. The van der Waals surface area contributed by atoms with E-state index in [9.17, 15) is 4.79 Å². The average molecular weight is 353 g/mol. The van der Waals surface area contributed by atoms with Gasteiger partial charge in [0.05, 0.1) is 10.9 Å². The molecule has 1 N–H and O–H groups in total. The predicted molar refractivity (Wildman–Crippen MR) is 99.0 cm³/mol. The zero-order valence-corrected chi connectivity index (χ0v) is 15.1. The molecule has 0 unspecified atom stereocenters. The Balaban J connectivity index is 1.77. The molecule has 1 atom stereocenters. The fourth-order valence-electron chi connectivity index (χ4n) is 2.33. The van der Waals surface area contributed by atoms with Crippen molar-refractivity contribution in [2.75, 3.05) is 5.32 Å². The normalized spacial score (nSPS) is 12.0. The lowest BCUT2D eigenvalue weighted by atomic mass is 10.1. The first-order valence-corrected chi connectivity index (χ1v) is 8.81. The van der Waals surface area contributed by atoms with Crippen molar-refractivity contribution in [3.8, 4) is 5.69 Å². The SMILES string of the molecule is Cc1ccc(C)c(-n2nnnc2S[C@@H](C)C(=O)Nc2ccccc2)c1. The summed E-state index contributed by atoms with van der Waals surface area (Å²) in [5, 5.41) is 15.1. The lowest BCUT2D eigenvalue weighted by molar-refractivity contribution is -0.115. The molecule has 25 heavy (non-hydrogen) atoms. The smallest absolute Gasteiger partial charge is 0.237 e. The minimum atomic E-state index is -0.338. The number of amides is 1. The minimum Gasteiger partial charge on any atom is -0.325 e. The Hall–Kier alpha value is -2.67. The van der Waals surface area contributed by atoms with Crippen molar-refractivity contribution in [3.63, 3.8) is 0 Å². The van der Waals surface area contributed by atoms with Crippen LogP contribution in [0.3, 0.4) is 0 Å². The number of hydrogen-bond donors (Lipinski definition) is 1. The maximum atomic E-state index is 12.4. The summed E-state index contributed by atoms with van der Waals surface area (Å²) in [5.74, 6) is -0.0910. The van der Waals surface area contributed by atoms with Gasteiger partial charge in [-0.25, -0.2) is 0 Å². The van der Waals surface area contributed by atoms with Gasteiger partial charge >= 0.3 is 0 Å². The number of para-hydroxylation sites is 1. The zero-order valence-electron chi connectivity index (χ0n) is 14.3. The van der Waals surface area contributed by atoms with Crippen molar-refractivity contribution in [2.24, 2.45) is 0 Å². The number of anilines is 1. The molecule has 0 spiro atoms. The zero-order chi connectivity index (χ0) is 17.8. The Morgan fingerprint density at radius 2 is 1.92 bits per heavy atom. The molecule has 1 amide bonds. The van der Waals surface area contributed by atoms with Gasteiger partial charge in [-0.1, -0.05) is 42.1 Å². The molecule has 1 heterocycles. The van der Waals surface area contributed by atoms with Crippen molar-refractivity contribution in [1.82, 2.24) is 20.2 Å². The number of nitrogens with one attached hydrogen (secondary N) is 1. The van der Waals surface area contributed by atoms with Gasteiger partial charge in [-0.3, -0.25) is 4.79 Å². The highest BCUT2D eigenvalue weighted by atomic mass is 32.2. The first-order chi connectivity index (χ1) is 12.0. The third-order valence-electron chi connectivity index (χ3n) is 3.73. The Bertz CT molecular complexity index is 878. The Morgan fingerprint density at radius 3 is 2.68 bits per heavy atom. The topological polar surface area (TPSA) is 72.7 Å². The van der Waals surface area contributed by atoms with Crippen LogP contribution in [0, 0.1) is 13.8 Å². The molecule has 3 rings (SSSR count). The Kier molecular flexibility index (Phi) is 5.14. The molecule has 7 heteroatoms. The molecule has 3 aromatic rings. The second-order valence-electron chi connectivity index (χ2n) is 5.78. The van der Waals surface area contributed by atoms with E-state index in [1.165, 1.54) is 11.8 Å². The first-order valence-electron chi connectivity index (χ1n) is 7.93. The first kappa shape index (κ1) is 17.2. The number of aromatic nitrogens is 4. The van der Waals surface area contributed by atoms with E-state index in [0.29, 0.717) is 5.16 Å². The van der Waals surface area contributed by atoms with Crippen LogP contribution in [0.1, 0.15) is 18.1 Å². The summed E-state index contributed by atoms with van der Waals surface area (Å²) in [6.45, 7) is 5.87. The number of thioether (sulfide) groups is 1. The number of nitrogens with zero attached hydrogens (tertiary/aromatic N) is 4. The van der Waals surface area contributed by atoms with Crippen molar-refractivity contribution in [2.45, 2.75) is 31.2 Å². The summed E-state index contributed by atoms with van der Waals surface area (Å²) < 4.78 is 1.68. The quantitative estimate of drug-likeness (QED) is 0.712. The fourth-order valence-corrected chi connectivity index (χ4v) is 3.13. The number of rotatable bonds is 5. The van der Waals surface area contributed by atoms with Crippen LogP contribution < -0.4 is 5.32 Å². The standard InChI is InChI=1S/C18H19N5OS/c1-12-9-10-13(2)16(11-12)23-18(20-21-22-23)25-14(3)17(24)19-15-7-5-4-6-8-15/h4-11,14H,1-3H3,(H,19,24)/t14-/m0/s1. The molecule has 0 aliphatic carbocycles. The molecule has 2 aromatic carbocycles. The van der Waals surface area contributed by atoms with E-state index in [1.807, 2.05) is 69.3 Å². The molecule has 1 aromatic heterocycles. The van der Waals surface area contributed by atoms with E-state index in [4.69, 9.17) is 0 Å². The summed E-state index contributed by atoms with van der Waals surface area (Å²) in [6.07, 6.45) is 0. The van der Waals surface area contributed by atoms with E-state index < -0.39 is 0 Å². The molecule has 0 saturated carbocycles. The summed E-state index contributed by atoms with van der Waals surface area (Å²) >= 11 is 1.33. The fraction of sp³-hybridized carbons (Fsp3) is 0.222. The second kappa shape index (κ2) is 7.48. The van der Waals surface area contributed by atoms with Crippen LogP contribution in [0.4, 0.5) is 5.69 Å². The van der Waals surface area contributed by atoms with Crippen molar-refractivity contribution in [1.29, 1.82) is 0 Å². The summed E-state index contributed by atoms with van der Waals surface area (Å²) in [6, 6.07) is 15.5. The summed E-state index contributed by atoms with van der Waals surface area (Å²) in [4.78, 5) is 12.4. The van der Waals surface area contributed by atoms with Crippen molar-refractivity contribution >= 4 is 23.4 Å². The largest absolute Gasteiger partial charge is 0.325 e. The van der Waals surface area contributed by atoms with E-state index in [2.05, 4.69) is 20.8 Å². The highest BCUT2D eigenvalue weighted by molar-refractivity contribution is 8.00. The number of aryl methyl sites for hydroxylation is 2. The molecule has 0 fully saturated rings. The molecule has 0 aliphatic rings. The second-order valence-corrected chi connectivity index (χ2v) is 7.09. The minimum absolute atomic E-state index is 0.0910. The van der Waals surface area contributed by atoms with Gasteiger partial charge in [-0.2, -0.15) is 4.68 Å². The van der Waals surface area contributed by atoms with Crippen molar-refractivity contribution in [3.05, 3.63) is 59.7 Å². The van der Waals surface area contributed by atoms with Crippen LogP contribution in [-0.2, 0) is 4.79 Å². The van der Waals surface area contributed by atoms with Gasteiger partial charge in [0.25, 0.3) is 0 Å². The molecule has 0 radical (unpaired) electrons. The lowest BCUT2D eigenvalue weighted by Crippen LogP contribution is -2.22. The highest BCUT2D eigenvalue weighted by Gasteiger charge is 2.20. The lowest BCUT2D eigenvalue weighted by Gasteiger charge is -2.12. The number of carbonyl (C=O) groups excluding carboxylic acids is 1. The van der Waals surface area contributed by atoms with Gasteiger partial charge in [0.1, 0.15) is 0 Å². The van der Waals surface area contributed by atoms with Crippen LogP contribution in [0.5, 0.6) is 0 Å². The Morgan fingerprint density at radius 1 is 1.16 bits per heavy atom. The predicted octanol–water partition coefficient (Wildman–Crippen LogP) is 3.40. The monoisotopic (exact) mass is 353 g/mol. The van der Waals surface area contributed by atoms with E-state index in [1.54, 1.807) is 4.68 Å². The molecule has 0 bridgehead atoms. The van der Waals surface area contributed by atoms with E-state index >= 15 is 0 Å². The maximum absolute atomic E-state index is 12.4. The van der Waals surface area contributed by atoms with Crippen LogP contribution in [0.2, 0.25) is 0 Å². The summed E-state index contributed by atoms with van der Waals surface area (Å²) in [7, 11) is 0. The molecular formula is C18H19N5OS. The van der Waals surface area contributed by atoms with Crippen molar-refractivity contribution < 1.29 is 4.79 Å².